The van der Waals surface area contributed by atoms with Gasteiger partial charge in [-0.25, -0.2) is 18.7 Å². The lowest BCUT2D eigenvalue weighted by molar-refractivity contribution is -0.118. The molecule has 1 N–H and O–H groups in total. The van der Waals surface area contributed by atoms with Crippen LogP contribution in [0.4, 0.5) is 8.78 Å². The minimum absolute atomic E-state index is 0.0723. The highest BCUT2D eigenvalue weighted by Gasteiger charge is 2.25. The number of hydrogen-bond donors (Lipinski definition) is 1. The predicted octanol–water partition coefficient (Wildman–Crippen LogP) is 6.46. The van der Waals surface area contributed by atoms with Crippen molar-refractivity contribution in [3.05, 3.63) is 112 Å². The summed E-state index contributed by atoms with van der Waals surface area (Å²) in [6.07, 6.45) is 3.41. The standard InChI is InChI=1S/C29H22ClF2N3O2/c30-21-4-1-18(2-5-21)27-15-33-16-35-29(27)20(7-17-8-22(31)11-23(32)9-17)10-25(37)13-28-26-12-24(36)6-3-19(26)14-34-28/h1-6,8-9,11-12,15-16,20,36H,7,10,13-14H2/t20-/m0/s1. The van der Waals surface area contributed by atoms with Gasteiger partial charge in [-0.1, -0.05) is 29.8 Å². The molecule has 0 aliphatic carbocycles. The van der Waals surface area contributed by atoms with Gasteiger partial charge < -0.3 is 5.11 Å². The second-order valence-electron chi connectivity index (χ2n) is 9.03. The molecule has 1 aliphatic rings. The molecule has 0 amide bonds. The number of Topliss-reactive ketones (excluding diaryl/α,β-unsaturated/α-hetero) is 1. The van der Waals surface area contributed by atoms with Gasteiger partial charge in [-0.15, -0.1) is 0 Å². The number of ketones is 1. The first kappa shape index (κ1) is 24.7. The maximum Gasteiger partial charge on any atom is 0.139 e. The van der Waals surface area contributed by atoms with Gasteiger partial charge in [0.2, 0.25) is 0 Å². The smallest absolute Gasteiger partial charge is 0.139 e. The van der Waals surface area contributed by atoms with Crippen LogP contribution >= 0.6 is 11.6 Å². The van der Waals surface area contributed by atoms with E-state index in [0.29, 0.717) is 34.1 Å². The molecule has 5 rings (SSSR count). The molecule has 0 spiro atoms. The van der Waals surface area contributed by atoms with Crippen molar-refractivity contribution in [3.63, 3.8) is 0 Å². The van der Waals surface area contributed by atoms with Crippen LogP contribution in [0, 0.1) is 11.6 Å². The van der Waals surface area contributed by atoms with Crippen molar-refractivity contribution >= 4 is 23.1 Å². The zero-order valence-corrected chi connectivity index (χ0v) is 20.4. The Balaban J connectivity index is 1.47. The van der Waals surface area contributed by atoms with E-state index in [9.17, 15) is 18.7 Å². The van der Waals surface area contributed by atoms with E-state index in [1.54, 1.807) is 36.5 Å². The van der Waals surface area contributed by atoms with E-state index in [4.69, 9.17) is 11.6 Å². The van der Waals surface area contributed by atoms with Gasteiger partial charge in [-0.3, -0.25) is 9.79 Å². The second kappa shape index (κ2) is 10.6. The molecule has 0 fully saturated rings. The molecule has 5 nitrogen and oxygen atoms in total. The van der Waals surface area contributed by atoms with E-state index in [1.807, 2.05) is 12.1 Å². The van der Waals surface area contributed by atoms with E-state index in [0.717, 1.165) is 22.8 Å². The van der Waals surface area contributed by atoms with Crippen molar-refractivity contribution in [3.8, 4) is 16.9 Å². The first-order valence-corrected chi connectivity index (χ1v) is 12.1. The van der Waals surface area contributed by atoms with Gasteiger partial charge in [0.1, 0.15) is 29.5 Å². The lowest BCUT2D eigenvalue weighted by Gasteiger charge is -2.19. The van der Waals surface area contributed by atoms with Gasteiger partial charge in [0.05, 0.1) is 18.0 Å². The Kier molecular flexibility index (Phi) is 7.06. The number of carbonyl (C=O) groups excluding carboxylic acids is 1. The van der Waals surface area contributed by atoms with E-state index < -0.39 is 17.6 Å². The maximum atomic E-state index is 14.0. The Hall–Kier alpha value is -3.97. The molecule has 2 heterocycles. The SMILES string of the molecule is O=C(CC1=NCc2ccc(O)cc21)C[C@H](Cc1cc(F)cc(F)c1)c1ncncc1-c1ccc(Cl)cc1. The third-order valence-corrected chi connectivity index (χ3v) is 6.62. The number of halogens is 3. The Labute approximate surface area is 217 Å². The molecule has 1 aliphatic heterocycles. The number of phenols is 1. The van der Waals surface area contributed by atoms with Crippen molar-refractivity contribution in [1.29, 1.82) is 0 Å². The largest absolute Gasteiger partial charge is 0.508 e. The lowest BCUT2D eigenvalue weighted by Crippen LogP contribution is -2.16. The van der Waals surface area contributed by atoms with Crippen LogP contribution in [0.15, 0.2) is 78.2 Å². The molecular formula is C29H22ClF2N3O2. The Bertz CT molecular complexity index is 1490. The summed E-state index contributed by atoms with van der Waals surface area (Å²) in [5.74, 6) is -1.83. The summed E-state index contributed by atoms with van der Waals surface area (Å²) < 4.78 is 28.0. The molecule has 37 heavy (non-hydrogen) atoms. The van der Waals surface area contributed by atoms with Gasteiger partial charge in [-0.2, -0.15) is 0 Å². The summed E-state index contributed by atoms with van der Waals surface area (Å²) in [4.78, 5) is 26.5. The Morgan fingerprint density at radius 2 is 1.76 bits per heavy atom. The minimum Gasteiger partial charge on any atom is -0.508 e. The zero-order valence-electron chi connectivity index (χ0n) is 19.7. The zero-order chi connectivity index (χ0) is 25.9. The molecule has 1 aromatic heterocycles. The number of rotatable bonds is 8. The molecule has 186 valence electrons. The van der Waals surface area contributed by atoms with Gasteiger partial charge in [0, 0.05) is 47.2 Å². The Morgan fingerprint density at radius 1 is 1.00 bits per heavy atom. The van der Waals surface area contributed by atoms with Crippen molar-refractivity contribution in [2.75, 3.05) is 0 Å². The van der Waals surface area contributed by atoms with Crippen molar-refractivity contribution < 1.29 is 18.7 Å². The number of nitrogens with zero attached hydrogens (tertiary/aromatic N) is 3. The molecule has 0 unspecified atom stereocenters. The van der Waals surface area contributed by atoms with Crippen LogP contribution in [0.2, 0.25) is 5.02 Å². The molecule has 3 aromatic carbocycles. The van der Waals surface area contributed by atoms with Crippen LogP contribution in [0.5, 0.6) is 5.75 Å². The topological polar surface area (TPSA) is 75.4 Å². The van der Waals surface area contributed by atoms with E-state index in [-0.39, 0.29) is 30.8 Å². The normalized spacial score (nSPS) is 13.2. The number of benzene rings is 3. The molecule has 4 aromatic rings. The summed E-state index contributed by atoms with van der Waals surface area (Å²) in [6.45, 7) is 0.455. The first-order chi connectivity index (χ1) is 17.9. The Morgan fingerprint density at radius 3 is 2.51 bits per heavy atom. The van der Waals surface area contributed by atoms with Crippen LogP contribution in [-0.4, -0.2) is 26.6 Å². The highest BCUT2D eigenvalue weighted by molar-refractivity contribution is 6.30. The first-order valence-electron chi connectivity index (χ1n) is 11.7. The lowest BCUT2D eigenvalue weighted by atomic mass is 9.86. The monoisotopic (exact) mass is 517 g/mol. The summed E-state index contributed by atoms with van der Waals surface area (Å²) in [6, 6.07) is 15.5. The number of fused-ring (bicyclic) bond motifs is 1. The molecule has 0 bridgehead atoms. The maximum absolute atomic E-state index is 14.0. The number of aromatic hydroxyl groups is 1. The van der Waals surface area contributed by atoms with Gasteiger partial charge in [0.15, 0.2) is 0 Å². The molecule has 0 saturated carbocycles. The average molecular weight is 518 g/mol. The van der Waals surface area contributed by atoms with Crippen molar-refractivity contribution in [1.82, 2.24) is 9.97 Å². The summed E-state index contributed by atoms with van der Waals surface area (Å²) >= 11 is 6.06. The molecule has 0 radical (unpaired) electrons. The fourth-order valence-electron chi connectivity index (χ4n) is 4.72. The highest BCUT2D eigenvalue weighted by Crippen LogP contribution is 2.33. The highest BCUT2D eigenvalue weighted by atomic mass is 35.5. The van der Waals surface area contributed by atoms with Crippen LogP contribution < -0.4 is 0 Å². The summed E-state index contributed by atoms with van der Waals surface area (Å²) in [7, 11) is 0. The van der Waals surface area contributed by atoms with E-state index in [2.05, 4.69) is 15.0 Å². The molecule has 1 atom stereocenters. The van der Waals surface area contributed by atoms with E-state index >= 15 is 0 Å². The molecular weight excluding hydrogens is 496 g/mol. The van der Waals surface area contributed by atoms with Crippen LogP contribution in [0.3, 0.4) is 0 Å². The number of hydrogen-bond acceptors (Lipinski definition) is 5. The quantitative estimate of drug-likeness (QED) is 0.291. The molecule has 0 saturated heterocycles. The van der Waals surface area contributed by atoms with Crippen molar-refractivity contribution in [2.24, 2.45) is 4.99 Å². The number of carbonyl (C=O) groups is 1. The number of aliphatic imine (C=N–C) groups is 1. The van der Waals surface area contributed by atoms with E-state index in [1.165, 1.54) is 18.5 Å². The molecule has 8 heteroatoms. The number of aromatic nitrogens is 2. The number of phenolic OH excluding ortho intramolecular Hbond substituents is 1. The minimum atomic E-state index is -0.683. The summed E-state index contributed by atoms with van der Waals surface area (Å²) in [5.41, 5.74) is 4.88. The third kappa shape index (κ3) is 5.73. The third-order valence-electron chi connectivity index (χ3n) is 6.37. The van der Waals surface area contributed by atoms with Gasteiger partial charge in [-0.05, 0) is 59.5 Å². The van der Waals surface area contributed by atoms with Crippen LogP contribution in [-0.2, 0) is 17.8 Å². The van der Waals surface area contributed by atoms with Gasteiger partial charge in [0.25, 0.3) is 0 Å². The van der Waals surface area contributed by atoms with Gasteiger partial charge >= 0.3 is 0 Å². The average Bonchev–Trinajstić information content (AvgIpc) is 3.25. The van der Waals surface area contributed by atoms with Crippen LogP contribution in [0.1, 0.15) is 41.1 Å². The predicted molar refractivity (Wildman–Crippen MR) is 138 cm³/mol. The second-order valence-corrected chi connectivity index (χ2v) is 9.47. The van der Waals surface area contributed by atoms with Crippen LogP contribution in [0.25, 0.3) is 11.1 Å². The summed E-state index contributed by atoms with van der Waals surface area (Å²) in [5, 5.41) is 10.5. The van der Waals surface area contributed by atoms with Crippen molar-refractivity contribution in [2.45, 2.75) is 31.7 Å². The fraction of sp³-hybridized carbons (Fsp3) is 0.172. The fourth-order valence-corrected chi connectivity index (χ4v) is 4.84.